The maximum absolute atomic E-state index is 10.9. The van der Waals surface area contributed by atoms with E-state index in [-0.39, 0.29) is 12.0 Å². The molecule has 2 rings (SSSR count). The van der Waals surface area contributed by atoms with Gasteiger partial charge in [-0.3, -0.25) is 4.79 Å². The van der Waals surface area contributed by atoms with Crippen LogP contribution in [0.3, 0.4) is 0 Å². The first kappa shape index (κ1) is 12.9. The van der Waals surface area contributed by atoms with Crippen LogP contribution in [0.5, 0.6) is 0 Å². The second-order valence-electron chi connectivity index (χ2n) is 5.36. The lowest BCUT2D eigenvalue weighted by Gasteiger charge is -2.43. The van der Waals surface area contributed by atoms with Crippen molar-refractivity contribution in [1.82, 2.24) is 5.32 Å². The molecule has 1 heterocycles. The summed E-state index contributed by atoms with van der Waals surface area (Å²) in [6.45, 7) is 5.70. The highest BCUT2D eigenvalue weighted by molar-refractivity contribution is 5.70. The standard InChI is InChI=1S/C14H20N2O2/c1-10(2)11-4-3-5-12(6-11)16-14(7-13(17)18)8-15-9-14/h3-6,10,15-16H,7-9H2,1-2H3,(H,17,18). The topological polar surface area (TPSA) is 61.4 Å². The molecule has 0 saturated carbocycles. The SMILES string of the molecule is CC(C)c1cccc(NC2(CC(=O)O)CNC2)c1. The van der Waals surface area contributed by atoms with E-state index in [2.05, 4.69) is 36.6 Å². The number of nitrogens with one attached hydrogen (secondary N) is 2. The van der Waals surface area contributed by atoms with Crippen molar-refractivity contribution in [2.45, 2.75) is 31.7 Å². The number of rotatable bonds is 5. The van der Waals surface area contributed by atoms with Crippen LogP contribution in [0.15, 0.2) is 24.3 Å². The quantitative estimate of drug-likeness (QED) is 0.746. The molecule has 4 heteroatoms. The van der Waals surface area contributed by atoms with Crippen molar-refractivity contribution in [2.75, 3.05) is 18.4 Å². The number of carboxylic acid groups (broad SMARTS) is 1. The van der Waals surface area contributed by atoms with Crippen LogP contribution in [-0.4, -0.2) is 29.7 Å². The van der Waals surface area contributed by atoms with Gasteiger partial charge in [-0.05, 0) is 23.6 Å². The molecule has 1 fully saturated rings. The van der Waals surface area contributed by atoms with Crippen molar-refractivity contribution in [1.29, 1.82) is 0 Å². The fourth-order valence-corrected chi connectivity index (χ4v) is 2.26. The van der Waals surface area contributed by atoms with E-state index in [4.69, 9.17) is 5.11 Å². The second kappa shape index (κ2) is 4.98. The molecular formula is C14H20N2O2. The minimum atomic E-state index is -0.760. The molecule has 1 aliphatic rings. The Labute approximate surface area is 107 Å². The summed E-state index contributed by atoms with van der Waals surface area (Å²) in [5.74, 6) is -0.286. The predicted molar refractivity (Wildman–Crippen MR) is 72.0 cm³/mol. The first-order valence-electron chi connectivity index (χ1n) is 6.31. The highest BCUT2D eigenvalue weighted by Crippen LogP contribution is 2.25. The van der Waals surface area contributed by atoms with Crippen LogP contribution in [0.2, 0.25) is 0 Å². The largest absolute Gasteiger partial charge is 0.481 e. The zero-order chi connectivity index (χ0) is 13.2. The third-order valence-electron chi connectivity index (χ3n) is 3.38. The molecule has 0 bridgehead atoms. The lowest BCUT2D eigenvalue weighted by atomic mass is 9.88. The third kappa shape index (κ3) is 2.82. The van der Waals surface area contributed by atoms with Crippen LogP contribution >= 0.6 is 0 Å². The summed E-state index contributed by atoms with van der Waals surface area (Å²) < 4.78 is 0. The van der Waals surface area contributed by atoms with Gasteiger partial charge in [0.05, 0.1) is 12.0 Å². The molecule has 4 nitrogen and oxygen atoms in total. The number of carbonyl (C=O) groups is 1. The minimum Gasteiger partial charge on any atom is -0.481 e. The molecule has 1 aromatic rings. The van der Waals surface area contributed by atoms with Crippen molar-refractivity contribution in [3.63, 3.8) is 0 Å². The van der Waals surface area contributed by atoms with Gasteiger partial charge < -0.3 is 15.7 Å². The molecule has 1 aliphatic heterocycles. The number of hydrogen-bond acceptors (Lipinski definition) is 3. The summed E-state index contributed by atoms with van der Waals surface area (Å²) in [4.78, 5) is 10.9. The van der Waals surface area contributed by atoms with E-state index in [1.54, 1.807) is 0 Å². The van der Waals surface area contributed by atoms with Gasteiger partial charge in [0.1, 0.15) is 0 Å². The Balaban J connectivity index is 2.12. The highest BCUT2D eigenvalue weighted by atomic mass is 16.4. The van der Waals surface area contributed by atoms with Crippen LogP contribution < -0.4 is 10.6 Å². The molecule has 0 unspecified atom stereocenters. The molecule has 0 atom stereocenters. The summed E-state index contributed by atoms with van der Waals surface area (Å²) >= 11 is 0. The van der Waals surface area contributed by atoms with Gasteiger partial charge in [-0.2, -0.15) is 0 Å². The van der Waals surface area contributed by atoms with Gasteiger partial charge in [-0.15, -0.1) is 0 Å². The van der Waals surface area contributed by atoms with Crippen LogP contribution in [0.25, 0.3) is 0 Å². The van der Waals surface area contributed by atoms with E-state index in [1.807, 2.05) is 12.1 Å². The molecule has 1 aromatic carbocycles. The zero-order valence-corrected chi connectivity index (χ0v) is 10.9. The Hall–Kier alpha value is -1.55. The smallest absolute Gasteiger partial charge is 0.305 e. The predicted octanol–water partition coefficient (Wildman–Crippen LogP) is 2.04. The third-order valence-corrected chi connectivity index (χ3v) is 3.38. The zero-order valence-electron chi connectivity index (χ0n) is 10.9. The van der Waals surface area contributed by atoms with Crippen LogP contribution in [-0.2, 0) is 4.79 Å². The molecule has 18 heavy (non-hydrogen) atoms. The van der Waals surface area contributed by atoms with Crippen molar-refractivity contribution in [3.8, 4) is 0 Å². The van der Waals surface area contributed by atoms with Crippen LogP contribution in [0.4, 0.5) is 5.69 Å². The van der Waals surface area contributed by atoms with E-state index in [1.165, 1.54) is 5.56 Å². The molecule has 0 aliphatic carbocycles. The summed E-state index contributed by atoms with van der Waals surface area (Å²) in [7, 11) is 0. The number of anilines is 1. The van der Waals surface area contributed by atoms with Crippen molar-refractivity contribution in [2.24, 2.45) is 0 Å². The van der Waals surface area contributed by atoms with E-state index in [9.17, 15) is 4.79 Å². The fraction of sp³-hybridized carbons (Fsp3) is 0.500. The fourth-order valence-electron chi connectivity index (χ4n) is 2.26. The highest BCUT2D eigenvalue weighted by Gasteiger charge is 2.38. The molecule has 0 spiro atoms. The van der Waals surface area contributed by atoms with Crippen LogP contribution in [0.1, 0.15) is 31.7 Å². The summed E-state index contributed by atoms with van der Waals surface area (Å²) in [5, 5.41) is 15.5. The van der Waals surface area contributed by atoms with Gasteiger partial charge in [0, 0.05) is 18.8 Å². The van der Waals surface area contributed by atoms with Gasteiger partial charge >= 0.3 is 5.97 Å². The van der Waals surface area contributed by atoms with Crippen molar-refractivity contribution < 1.29 is 9.90 Å². The molecular weight excluding hydrogens is 228 g/mol. The Morgan fingerprint density at radius 1 is 1.50 bits per heavy atom. The molecule has 0 amide bonds. The van der Waals surface area contributed by atoms with Gasteiger partial charge in [0.2, 0.25) is 0 Å². The maximum Gasteiger partial charge on any atom is 0.305 e. The molecule has 0 aromatic heterocycles. The van der Waals surface area contributed by atoms with Gasteiger partial charge in [0.25, 0.3) is 0 Å². The Kier molecular flexibility index (Phi) is 3.57. The van der Waals surface area contributed by atoms with Gasteiger partial charge in [-0.25, -0.2) is 0 Å². The van der Waals surface area contributed by atoms with E-state index < -0.39 is 5.97 Å². The normalized spacial score (nSPS) is 17.3. The Morgan fingerprint density at radius 3 is 2.72 bits per heavy atom. The monoisotopic (exact) mass is 248 g/mol. The van der Waals surface area contributed by atoms with Crippen molar-refractivity contribution in [3.05, 3.63) is 29.8 Å². The van der Waals surface area contributed by atoms with E-state index in [0.717, 1.165) is 5.69 Å². The van der Waals surface area contributed by atoms with E-state index in [0.29, 0.717) is 19.0 Å². The number of carboxylic acids is 1. The lowest BCUT2D eigenvalue weighted by molar-refractivity contribution is -0.138. The van der Waals surface area contributed by atoms with Gasteiger partial charge in [0.15, 0.2) is 0 Å². The molecule has 1 saturated heterocycles. The Bertz CT molecular complexity index is 439. The number of hydrogen-bond donors (Lipinski definition) is 3. The lowest BCUT2D eigenvalue weighted by Crippen LogP contribution is -2.65. The maximum atomic E-state index is 10.9. The number of benzene rings is 1. The second-order valence-corrected chi connectivity index (χ2v) is 5.36. The molecule has 3 N–H and O–H groups in total. The number of aliphatic carboxylic acids is 1. The average molecular weight is 248 g/mol. The minimum absolute atomic E-state index is 0.145. The summed E-state index contributed by atoms with van der Waals surface area (Å²) in [6.07, 6.45) is 0.145. The summed E-state index contributed by atoms with van der Waals surface area (Å²) in [6, 6.07) is 8.21. The van der Waals surface area contributed by atoms with Crippen molar-refractivity contribution >= 4 is 11.7 Å². The first-order valence-corrected chi connectivity index (χ1v) is 6.31. The van der Waals surface area contributed by atoms with Gasteiger partial charge in [-0.1, -0.05) is 26.0 Å². The molecule has 0 radical (unpaired) electrons. The molecule has 98 valence electrons. The average Bonchev–Trinajstić information content (AvgIpc) is 2.25. The first-order chi connectivity index (χ1) is 8.51. The van der Waals surface area contributed by atoms with E-state index >= 15 is 0 Å². The Morgan fingerprint density at radius 2 is 2.22 bits per heavy atom. The van der Waals surface area contributed by atoms with Crippen LogP contribution in [0, 0.1) is 0 Å². The summed E-state index contributed by atoms with van der Waals surface area (Å²) in [5.41, 5.74) is 1.93.